The predicted molar refractivity (Wildman–Crippen MR) is 107 cm³/mol. The van der Waals surface area contributed by atoms with E-state index in [-0.39, 0.29) is 18.9 Å². The van der Waals surface area contributed by atoms with Gasteiger partial charge in [-0.25, -0.2) is 4.79 Å². The summed E-state index contributed by atoms with van der Waals surface area (Å²) in [6.45, 7) is 1.97. The van der Waals surface area contributed by atoms with Crippen LogP contribution in [0, 0.1) is 0 Å². The highest BCUT2D eigenvalue weighted by Crippen LogP contribution is 2.39. The van der Waals surface area contributed by atoms with Crippen molar-refractivity contribution in [2.24, 2.45) is 0 Å². The number of methoxy groups -OCH3 is 2. The Kier molecular flexibility index (Phi) is 7.94. The van der Waals surface area contributed by atoms with Gasteiger partial charge in [0.2, 0.25) is 5.91 Å². The molecule has 0 spiro atoms. The molecule has 1 amide bonds. The van der Waals surface area contributed by atoms with Gasteiger partial charge in [-0.3, -0.25) is 4.79 Å². The van der Waals surface area contributed by atoms with E-state index >= 15 is 0 Å². The van der Waals surface area contributed by atoms with Crippen molar-refractivity contribution >= 4 is 39.8 Å². The SMILES string of the molecule is CCOC(=O)c1c(-c2ccc(OC)c(OC)c2)csc1NC(=O)CCCCl. The molecule has 0 aliphatic rings. The van der Waals surface area contributed by atoms with Gasteiger partial charge in [0.1, 0.15) is 10.6 Å². The van der Waals surface area contributed by atoms with E-state index in [1.807, 2.05) is 11.4 Å². The van der Waals surface area contributed by atoms with Crippen LogP contribution in [-0.4, -0.2) is 38.6 Å². The number of rotatable bonds is 9. The number of carbonyl (C=O) groups is 2. The fourth-order valence-corrected chi connectivity index (χ4v) is 3.60. The number of halogens is 1. The van der Waals surface area contributed by atoms with Crippen LogP contribution in [-0.2, 0) is 9.53 Å². The van der Waals surface area contributed by atoms with Crippen molar-refractivity contribution in [3.63, 3.8) is 0 Å². The molecule has 0 aliphatic heterocycles. The maximum absolute atomic E-state index is 12.5. The van der Waals surface area contributed by atoms with Crippen molar-refractivity contribution < 1.29 is 23.8 Å². The second-order valence-corrected chi connectivity index (χ2v) is 6.74. The normalized spacial score (nSPS) is 10.4. The lowest BCUT2D eigenvalue weighted by molar-refractivity contribution is -0.116. The highest BCUT2D eigenvalue weighted by molar-refractivity contribution is 7.15. The van der Waals surface area contributed by atoms with Crippen LogP contribution < -0.4 is 14.8 Å². The minimum absolute atomic E-state index is 0.193. The zero-order valence-corrected chi connectivity index (χ0v) is 17.0. The van der Waals surface area contributed by atoms with E-state index in [4.69, 9.17) is 25.8 Å². The Labute approximate surface area is 167 Å². The Balaban J connectivity index is 2.44. The molecule has 0 aliphatic carbocycles. The lowest BCUT2D eigenvalue weighted by atomic mass is 10.0. The van der Waals surface area contributed by atoms with Crippen molar-refractivity contribution in [1.29, 1.82) is 0 Å². The molecule has 0 radical (unpaired) electrons. The van der Waals surface area contributed by atoms with Crippen LogP contribution in [0.25, 0.3) is 11.1 Å². The van der Waals surface area contributed by atoms with Crippen LogP contribution in [0.4, 0.5) is 5.00 Å². The molecule has 0 saturated heterocycles. The summed E-state index contributed by atoms with van der Waals surface area (Å²) in [4.78, 5) is 24.6. The van der Waals surface area contributed by atoms with Gasteiger partial charge >= 0.3 is 5.97 Å². The fourth-order valence-electron chi connectivity index (χ4n) is 2.49. The Morgan fingerprint density at radius 3 is 2.56 bits per heavy atom. The highest BCUT2D eigenvalue weighted by atomic mass is 35.5. The Morgan fingerprint density at radius 2 is 1.93 bits per heavy atom. The number of carbonyl (C=O) groups excluding carboxylic acids is 2. The molecular formula is C19H22ClNO5S. The molecule has 0 fully saturated rings. The van der Waals surface area contributed by atoms with Crippen molar-refractivity contribution in [3.05, 3.63) is 29.1 Å². The van der Waals surface area contributed by atoms with E-state index < -0.39 is 5.97 Å². The van der Waals surface area contributed by atoms with Gasteiger partial charge in [-0.1, -0.05) is 6.07 Å². The molecule has 0 unspecified atom stereocenters. The van der Waals surface area contributed by atoms with Crippen LogP contribution in [0.2, 0.25) is 0 Å². The summed E-state index contributed by atoms with van der Waals surface area (Å²) in [5, 5.41) is 5.06. The van der Waals surface area contributed by atoms with E-state index in [2.05, 4.69) is 5.32 Å². The minimum Gasteiger partial charge on any atom is -0.493 e. The lowest BCUT2D eigenvalue weighted by Gasteiger charge is -2.11. The first kappa shape index (κ1) is 21.1. The van der Waals surface area contributed by atoms with Crippen LogP contribution in [0.15, 0.2) is 23.6 Å². The average Bonchev–Trinajstić information content (AvgIpc) is 3.09. The highest BCUT2D eigenvalue weighted by Gasteiger charge is 2.23. The molecule has 0 saturated carbocycles. The molecule has 146 valence electrons. The summed E-state index contributed by atoms with van der Waals surface area (Å²) in [7, 11) is 3.10. The number of anilines is 1. The average molecular weight is 412 g/mol. The number of thiophene rings is 1. The largest absolute Gasteiger partial charge is 0.493 e. The van der Waals surface area contributed by atoms with Gasteiger partial charge in [0, 0.05) is 23.2 Å². The summed E-state index contributed by atoms with van der Waals surface area (Å²) in [5.74, 6) is 0.852. The molecule has 1 aromatic carbocycles. The number of esters is 1. The van der Waals surface area contributed by atoms with Crippen molar-refractivity contribution in [3.8, 4) is 22.6 Å². The molecule has 1 aromatic heterocycles. The van der Waals surface area contributed by atoms with E-state index in [1.54, 1.807) is 33.3 Å². The molecule has 2 aromatic rings. The number of alkyl halides is 1. The molecule has 1 N–H and O–H groups in total. The third-order valence-electron chi connectivity index (χ3n) is 3.76. The van der Waals surface area contributed by atoms with Crippen molar-refractivity contribution in [1.82, 2.24) is 0 Å². The summed E-state index contributed by atoms with van der Waals surface area (Å²) in [5.41, 5.74) is 1.74. The van der Waals surface area contributed by atoms with Gasteiger partial charge in [-0.2, -0.15) is 0 Å². The van der Waals surface area contributed by atoms with Crippen LogP contribution in [0.3, 0.4) is 0 Å². The molecule has 0 bridgehead atoms. The van der Waals surface area contributed by atoms with Gasteiger partial charge in [-0.15, -0.1) is 22.9 Å². The van der Waals surface area contributed by atoms with E-state index in [1.165, 1.54) is 11.3 Å². The quantitative estimate of drug-likeness (QED) is 0.483. The Morgan fingerprint density at radius 1 is 1.19 bits per heavy atom. The van der Waals surface area contributed by atoms with Crippen LogP contribution in [0.5, 0.6) is 11.5 Å². The molecule has 1 heterocycles. The summed E-state index contributed by atoms with van der Waals surface area (Å²) in [6.07, 6.45) is 0.853. The van der Waals surface area contributed by atoms with Crippen LogP contribution in [0.1, 0.15) is 30.1 Å². The summed E-state index contributed by atoms with van der Waals surface area (Å²) in [6, 6.07) is 5.37. The number of benzene rings is 1. The number of amides is 1. The van der Waals surface area contributed by atoms with Gasteiger partial charge in [0.05, 0.1) is 20.8 Å². The molecule has 6 nitrogen and oxygen atoms in total. The monoisotopic (exact) mass is 411 g/mol. The lowest BCUT2D eigenvalue weighted by Crippen LogP contribution is -2.14. The summed E-state index contributed by atoms with van der Waals surface area (Å²) >= 11 is 6.91. The van der Waals surface area contributed by atoms with Gasteiger partial charge in [0.15, 0.2) is 11.5 Å². The number of ether oxygens (including phenoxy) is 3. The zero-order valence-electron chi connectivity index (χ0n) is 15.5. The fraction of sp³-hybridized carbons (Fsp3) is 0.368. The molecule has 2 rings (SSSR count). The first-order chi connectivity index (χ1) is 13.0. The van der Waals surface area contributed by atoms with Crippen molar-refractivity contribution in [2.45, 2.75) is 19.8 Å². The van der Waals surface area contributed by atoms with E-state index in [0.29, 0.717) is 39.9 Å². The van der Waals surface area contributed by atoms with Gasteiger partial charge < -0.3 is 19.5 Å². The topological polar surface area (TPSA) is 73.9 Å². The van der Waals surface area contributed by atoms with Gasteiger partial charge in [-0.05, 0) is 31.0 Å². The first-order valence-corrected chi connectivity index (χ1v) is 9.83. The Hall–Kier alpha value is -2.25. The standard InChI is InChI=1S/C19H22ClNO5S/c1-4-26-19(23)17-13(11-27-18(17)21-16(22)6-5-9-20)12-7-8-14(24-2)15(10-12)25-3/h7-8,10-11H,4-6,9H2,1-3H3,(H,21,22). The third-order valence-corrected chi connectivity index (χ3v) is 4.92. The van der Waals surface area contributed by atoms with Crippen LogP contribution >= 0.6 is 22.9 Å². The number of hydrogen-bond acceptors (Lipinski definition) is 6. The minimum atomic E-state index is -0.490. The van der Waals surface area contributed by atoms with E-state index in [0.717, 1.165) is 5.56 Å². The van der Waals surface area contributed by atoms with Crippen molar-refractivity contribution in [2.75, 3.05) is 32.0 Å². The van der Waals surface area contributed by atoms with Gasteiger partial charge in [0.25, 0.3) is 0 Å². The predicted octanol–water partition coefficient (Wildman–Crippen LogP) is 4.57. The smallest absolute Gasteiger partial charge is 0.341 e. The first-order valence-electron chi connectivity index (χ1n) is 8.42. The summed E-state index contributed by atoms with van der Waals surface area (Å²) < 4.78 is 15.8. The second kappa shape index (κ2) is 10.2. The second-order valence-electron chi connectivity index (χ2n) is 5.48. The number of hydrogen-bond donors (Lipinski definition) is 1. The molecule has 27 heavy (non-hydrogen) atoms. The Bertz CT molecular complexity index is 805. The molecular weight excluding hydrogens is 390 g/mol. The third kappa shape index (κ3) is 5.14. The molecule has 0 atom stereocenters. The number of nitrogens with one attached hydrogen (secondary N) is 1. The van der Waals surface area contributed by atoms with E-state index in [9.17, 15) is 9.59 Å². The maximum atomic E-state index is 12.5. The zero-order chi connectivity index (χ0) is 19.8. The molecule has 8 heteroatoms. The maximum Gasteiger partial charge on any atom is 0.341 e.